The summed E-state index contributed by atoms with van der Waals surface area (Å²) in [5.41, 5.74) is 3.16. The van der Waals surface area contributed by atoms with Crippen molar-refractivity contribution in [1.29, 1.82) is 0 Å². The van der Waals surface area contributed by atoms with Crippen LogP contribution >= 0.6 is 0 Å². The number of aliphatic carboxylic acids is 1. The van der Waals surface area contributed by atoms with E-state index in [0.717, 1.165) is 49.7 Å². The molecule has 0 aromatic heterocycles. The number of carbonyl (C=O) groups is 5. The number of amides is 2. The third-order valence-electron chi connectivity index (χ3n) is 17.7. The SMILES string of the molecule is Cc1ccc(C(=O)NC(C)(C)C(=O)NCCC23CCC4C(CCC5C4(C)CCC4C(C)C(CC(=O)C6CC(C(=O)O)C6C)CCC45C)C2=C(C(C)C)C(=O)C3)cc1. The van der Waals surface area contributed by atoms with Gasteiger partial charge in [0, 0.05) is 36.3 Å². The van der Waals surface area contributed by atoms with Gasteiger partial charge < -0.3 is 15.7 Å². The molecule has 12 unspecified atom stereocenters. The molecule has 312 valence electrons. The van der Waals surface area contributed by atoms with Crippen LogP contribution in [0.4, 0.5) is 0 Å². The highest BCUT2D eigenvalue weighted by atomic mass is 16.4. The second-order valence-corrected chi connectivity index (χ2v) is 21.3. The van der Waals surface area contributed by atoms with Gasteiger partial charge in [0.25, 0.3) is 5.91 Å². The van der Waals surface area contributed by atoms with E-state index in [1.807, 2.05) is 26.0 Å². The molecule has 1 aromatic rings. The fourth-order valence-corrected chi connectivity index (χ4v) is 14.4. The van der Waals surface area contributed by atoms with Gasteiger partial charge in [-0.15, -0.1) is 0 Å². The zero-order valence-corrected chi connectivity index (χ0v) is 36.3. The first kappa shape index (κ1) is 41.9. The Morgan fingerprint density at radius 2 is 1.53 bits per heavy atom. The number of hydrogen-bond donors (Lipinski definition) is 3. The van der Waals surface area contributed by atoms with Crippen molar-refractivity contribution in [1.82, 2.24) is 10.6 Å². The molecule has 57 heavy (non-hydrogen) atoms. The molecule has 7 rings (SSSR count). The summed E-state index contributed by atoms with van der Waals surface area (Å²) in [7, 11) is 0. The molecule has 8 heteroatoms. The van der Waals surface area contributed by atoms with Crippen LogP contribution < -0.4 is 10.6 Å². The standard InChI is InChI=1S/C49H70N2O6/c1-27(2)41-39(53)26-49(22-23-50-45(57)46(6,7)51-43(54)31-12-10-28(3)11-13-31)21-18-37-33(42(41)49)14-15-40-47(8)19-16-32(29(4)36(47)17-20-48(37,40)9)24-38(52)34-25-35(30(34)5)44(55)56/h10-13,27,29-30,32-37,40H,14-26H2,1-9H3,(H,50,57)(H,51,54)(H,55,56). The average Bonchev–Trinajstić information content (AvgIpc) is 3.44. The van der Waals surface area contributed by atoms with E-state index in [9.17, 15) is 29.1 Å². The highest BCUT2D eigenvalue weighted by molar-refractivity contribution is 6.01. The molecule has 0 spiro atoms. The van der Waals surface area contributed by atoms with Crippen molar-refractivity contribution in [3.05, 3.63) is 46.5 Å². The van der Waals surface area contributed by atoms with E-state index in [4.69, 9.17) is 0 Å². The van der Waals surface area contributed by atoms with Crippen LogP contribution in [0, 0.1) is 82.3 Å². The van der Waals surface area contributed by atoms with E-state index in [1.165, 1.54) is 24.8 Å². The largest absolute Gasteiger partial charge is 0.481 e. The van der Waals surface area contributed by atoms with Gasteiger partial charge in [0.15, 0.2) is 5.78 Å². The number of hydrogen-bond acceptors (Lipinski definition) is 5. The molecule has 2 amide bonds. The van der Waals surface area contributed by atoms with Gasteiger partial charge in [-0.3, -0.25) is 24.0 Å². The Kier molecular flexibility index (Phi) is 11.1. The molecule has 8 nitrogen and oxygen atoms in total. The Bertz CT molecular complexity index is 1830. The maximum atomic E-state index is 14.0. The van der Waals surface area contributed by atoms with E-state index in [1.54, 1.807) is 26.0 Å². The Morgan fingerprint density at radius 3 is 2.18 bits per heavy atom. The molecule has 0 bridgehead atoms. The van der Waals surface area contributed by atoms with Crippen LogP contribution in [0.3, 0.4) is 0 Å². The first-order valence-electron chi connectivity index (χ1n) is 22.4. The Labute approximate surface area is 341 Å². The predicted octanol–water partition coefficient (Wildman–Crippen LogP) is 9.14. The molecule has 5 saturated carbocycles. The van der Waals surface area contributed by atoms with Crippen LogP contribution in [0.2, 0.25) is 0 Å². The normalized spacial score (nSPS) is 38.6. The lowest BCUT2D eigenvalue weighted by Crippen LogP contribution is -2.60. The van der Waals surface area contributed by atoms with Gasteiger partial charge in [0.1, 0.15) is 11.3 Å². The Balaban J connectivity index is 1.04. The quantitative estimate of drug-likeness (QED) is 0.205. The number of carboxylic acids is 1. The molecule has 0 radical (unpaired) electrons. The molecular weight excluding hydrogens is 713 g/mol. The number of benzene rings is 1. The van der Waals surface area contributed by atoms with Gasteiger partial charge in [-0.2, -0.15) is 0 Å². The molecule has 5 fully saturated rings. The number of carboxylic acid groups (broad SMARTS) is 1. The second kappa shape index (κ2) is 15.1. The summed E-state index contributed by atoms with van der Waals surface area (Å²) < 4.78 is 0. The van der Waals surface area contributed by atoms with E-state index < -0.39 is 11.5 Å². The van der Waals surface area contributed by atoms with Crippen LogP contribution in [-0.4, -0.2) is 46.5 Å². The number of fused-ring (bicyclic) bond motifs is 7. The van der Waals surface area contributed by atoms with Crippen molar-refractivity contribution < 1.29 is 29.1 Å². The van der Waals surface area contributed by atoms with Crippen molar-refractivity contribution in [3.8, 4) is 0 Å². The monoisotopic (exact) mass is 783 g/mol. The number of allylic oxidation sites excluding steroid dienone is 2. The van der Waals surface area contributed by atoms with Gasteiger partial charge in [-0.05, 0) is 161 Å². The third-order valence-corrected chi connectivity index (χ3v) is 17.7. The Morgan fingerprint density at radius 1 is 0.877 bits per heavy atom. The van der Waals surface area contributed by atoms with Gasteiger partial charge in [-0.25, -0.2) is 0 Å². The molecule has 0 aliphatic heterocycles. The lowest BCUT2D eigenvalue weighted by atomic mass is 9.37. The number of aryl methyl sites for hydroxylation is 1. The highest BCUT2D eigenvalue weighted by Gasteiger charge is 2.65. The molecule has 0 saturated heterocycles. The third kappa shape index (κ3) is 7.04. The number of ketones is 2. The molecule has 6 aliphatic rings. The van der Waals surface area contributed by atoms with Crippen molar-refractivity contribution in [2.75, 3.05) is 6.54 Å². The Hall–Kier alpha value is -3.29. The minimum Gasteiger partial charge on any atom is -0.481 e. The molecule has 1 aromatic carbocycles. The van der Waals surface area contributed by atoms with Crippen LogP contribution in [0.25, 0.3) is 0 Å². The van der Waals surface area contributed by atoms with Gasteiger partial charge >= 0.3 is 5.97 Å². The summed E-state index contributed by atoms with van der Waals surface area (Å²) in [5, 5.41) is 15.6. The minimum atomic E-state index is -1.10. The highest BCUT2D eigenvalue weighted by Crippen LogP contribution is 2.72. The second-order valence-electron chi connectivity index (χ2n) is 21.3. The van der Waals surface area contributed by atoms with Crippen molar-refractivity contribution >= 4 is 29.4 Å². The van der Waals surface area contributed by atoms with E-state index in [2.05, 4.69) is 45.3 Å². The fourth-order valence-electron chi connectivity index (χ4n) is 14.4. The number of Topliss-reactive ketones (excluding diaryl/α,β-unsaturated/α-hetero) is 2. The van der Waals surface area contributed by atoms with Crippen molar-refractivity contribution in [2.45, 2.75) is 145 Å². The zero-order chi connectivity index (χ0) is 41.4. The minimum absolute atomic E-state index is 0.0599. The average molecular weight is 783 g/mol. The summed E-state index contributed by atoms with van der Waals surface area (Å²) in [6.07, 6.45) is 11.3. The number of carbonyl (C=O) groups excluding carboxylic acids is 4. The molecule has 3 N–H and O–H groups in total. The number of nitrogens with one attached hydrogen (secondary N) is 2. The van der Waals surface area contributed by atoms with Gasteiger partial charge in [0.2, 0.25) is 5.91 Å². The van der Waals surface area contributed by atoms with Crippen LogP contribution in [0.1, 0.15) is 148 Å². The predicted molar refractivity (Wildman–Crippen MR) is 222 cm³/mol. The molecule has 6 aliphatic carbocycles. The summed E-state index contributed by atoms with van der Waals surface area (Å²) >= 11 is 0. The molecular formula is C49H70N2O6. The lowest BCUT2D eigenvalue weighted by molar-refractivity contribution is -0.172. The van der Waals surface area contributed by atoms with E-state index >= 15 is 0 Å². The number of rotatable bonds is 11. The van der Waals surface area contributed by atoms with Crippen LogP contribution in [-0.2, 0) is 19.2 Å². The summed E-state index contributed by atoms with van der Waals surface area (Å²) in [4.78, 5) is 65.7. The first-order chi connectivity index (χ1) is 26.7. The first-order valence-corrected chi connectivity index (χ1v) is 22.4. The maximum absolute atomic E-state index is 14.0. The summed E-state index contributed by atoms with van der Waals surface area (Å²) in [6.45, 7) is 19.8. The lowest BCUT2D eigenvalue weighted by Gasteiger charge is -2.67. The topological polar surface area (TPSA) is 130 Å². The van der Waals surface area contributed by atoms with Crippen LogP contribution in [0.5, 0.6) is 0 Å². The van der Waals surface area contributed by atoms with Gasteiger partial charge in [0.05, 0.1) is 5.92 Å². The molecule has 0 heterocycles. The van der Waals surface area contributed by atoms with Gasteiger partial charge in [-0.1, -0.05) is 64.8 Å². The van der Waals surface area contributed by atoms with Crippen LogP contribution in [0.15, 0.2) is 35.4 Å². The zero-order valence-electron chi connectivity index (χ0n) is 36.3. The fraction of sp³-hybridized carbons (Fsp3) is 0.735. The summed E-state index contributed by atoms with van der Waals surface area (Å²) in [6, 6.07) is 7.34. The van der Waals surface area contributed by atoms with Crippen molar-refractivity contribution in [2.24, 2.45) is 75.4 Å². The summed E-state index contributed by atoms with van der Waals surface area (Å²) in [5.74, 6) is 1.92. The van der Waals surface area contributed by atoms with E-state index in [-0.39, 0.29) is 51.7 Å². The molecule has 12 atom stereocenters. The maximum Gasteiger partial charge on any atom is 0.306 e. The van der Waals surface area contributed by atoms with E-state index in [0.29, 0.717) is 78.4 Å². The smallest absolute Gasteiger partial charge is 0.306 e. The van der Waals surface area contributed by atoms with Crippen molar-refractivity contribution in [3.63, 3.8) is 0 Å².